The third-order valence-corrected chi connectivity index (χ3v) is 5.95. The third kappa shape index (κ3) is 3.95. The fourth-order valence-corrected chi connectivity index (χ4v) is 4.40. The highest BCUT2D eigenvalue weighted by Crippen LogP contribution is 2.30. The topological polar surface area (TPSA) is 108 Å². The largest absolute Gasteiger partial charge is 0.317 e. The van der Waals surface area contributed by atoms with Crippen molar-refractivity contribution in [3.63, 3.8) is 0 Å². The van der Waals surface area contributed by atoms with Gasteiger partial charge in [0.05, 0.1) is 11.1 Å². The maximum atomic E-state index is 13.1. The number of hydrogen-bond acceptors (Lipinski definition) is 6. The number of benzene rings is 1. The molecule has 0 saturated carbocycles. The first kappa shape index (κ1) is 19.7. The lowest BCUT2D eigenvalue weighted by Crippen LogP contribution is -2.54. The summed E-state index contributed by atoms with van der Waals surface area (Å²) >= 11 is 0. The van der Waals surface area contributed by atoms with E-state index in [1.165, 1.54) is 0 Å². The Bertz CT molecular complexity index is 847. The van der Waals surface area contributed by atoms with Gasteiger partial charge in [-0.1, -0.05) is 12.1 Å². The number of hydrogen-bond donors (Lipinski definition) is 3. The van der Waals surface area contributed by atoms with Gasteiger partial charge in [-0.15, -0.1) is 0 Å². The van der Waals surface area contributed by atoms with Gasteiger partial charge in [0.1, 0.15) is 6.04 Å². The average molecular weight is 398 g/mol. The first-order chi connectivity index (χ1) is 14.1. The molecule has 3 N–H and O–H groups in total. The van der Waals surface area contributed by atoms with Crippen LogP contribution in [0.15, 0.2) is 18.2 Å². The molecule has 0 radical (unpaired) electrons. The second kappa shape index (κ2) is 8.42. The minimum Gasteiger partial charge on any atom is -0.317 e. The molecule has 0 bridgehead atoms. The van der Waals surface area contributed by atoms with Crippen molar-refractivity contribution in [1.82, 2.24) is 20.9 Å². The van der Waals surface area contributed by atoms with Crippen molar-refractivity contribution >= 4 is 23.6 Å². The molecule has 1 aromatic rings. The van der Waals surface area contributed by atoms with E-state index >= 15 is 0 Å². The first-order valence-electron chi connectivity index (χ1n) is 10.3. The number of fused-ring (bicyclic) bond motifs is 1. The van der Waals surface area contributed by atoms with Gasteiger partial charge in [-0.25, -0.2) is 0 Å². The highest BCUT2D eigenvalue weighted by molar-refractivity contribution is 6.24. The summed E-state index contributed by atoms with van der Waals surface area (Å²) in [5.41, 5.74) is 1.59. The van der Waals surface area contributed by atoms with E-state index in [-0.39, 0.29) is 18.7 Å². The number of carbonyl (C=O) groups is 4. The van der Waals surface area contributed by atoms with E-state index in [2.05, 4.69) is 16.0 Å². The molecule has 4 rings (SSSR count). The van der Waals surface area contributed by atoms with E-state index in [1.54, 1.807) is 12.1 Å². The van der Waals surface area contributed by atoms with Crippen LogP contribution in [0.1, 0.15) is 58.4 Å². The molecule has 154 valence electrons. The Morgan fingerprint density at radius 2 is 1.83 bits per heavy atom. The summed E-state index contributed by atoms with van der Waals surface area (Å²) in [6, 6.07) is 4.91. The second-order valence-electron chi connectivity index (χ2n) is 7.87. The molecule has 1 atom stereocenters. The molecule has 8 heteroatoms. The molecule has 1 unspecified atom stereocenters. The van der Waals surface area contributed by atoms with Crippen molar-refractivity contribution < 1.29 is 19.2 Å². The summed E-state index contributed by atoms with van der Waals surface area (Å²) in [5, 5.41) is 9.13. The lowest BCUT2D eigenvalue weighted by molar-refractivity contribution is -0.136. The van der Waals surface area contributed by atoms with Crippen LogP contribution in [-0.4, -0.2) is 60.2 Å². The first-order valence-corrected chi connectivity index (χ1v) is 10.3. The number of carbonyl (C=O) groups excluding carboxylic acids is 4. The fourth-order valence-electron chi connectivity index (χ4n) is 4.40. The number of rotatable bonds is 6. The Morgan fingerprint density at radius 3 is 2.59 bits per heavy atom. The Morgan fingerprint density at radius 1 is 1.03 bits per heavy atom. The zero-order valence-corrected chi connectivity index (χ0v) is 16.3. The molecule has 0 spiro atoms. The summed E-state index contributed by atoms with van der Waals surface area (Å²) < 4.78 is 0. The predicted octanol–water partition coefficient (Wildman–Crippen LogP) is 0.362. The van der Waals surface area contributed by atoms with Gasteiger partial charge in [0.25, 0.3) is 11.8 Å². The summed E-state index contributed by atoms with van der Waals surface area (Å²) in [5.74, 6) is -1.83. The Hall–Kier alpha value is -2.58. The third-order valence-electron chi connectivity index (χ3n) is 5.95. The van der Waals surface area contributed by atoms with Crippen LogP contribution < -0.4 is 16.0 Å². The Labute approximate surface area is 169 Å². The van der Waals surface area contributed by atoms with Gasteiger partial charge in [0.2, 0.25) is 11.8 Å². The van der Waals surface area contributed by atoms with Gasteiger partial charge < -0.3 is 10.6 Å². The number of nitrogens with one attached hydrogen (secondary N) is 3. The number of aryl methyl sites for hydroxylation is 1. The molecule has 29 heavy (non-hydrogen) atoms. The van der Waals surface area contributed by atoms with E-state index in [1.807, 2.05) is 6.07 Å². The number of imide groups is 2. The molecule has 4 amide bonds. The summed E-state index contributed by atoms with van der Waals surface area (Å²) in [7, 11) is 0. The fraction of sp³-hybridized carbons (Fsp3) is 0.524. The Balaban J connectivity index is 1.43. The molecule has 3 aliphatic heterocycles. The van der Waals surface area contributed by atoms with Crippen LogP contribution in [0.2, 0.25) is 0 Å². The van der Waals surface area contributed by atoms with Crippen molar-refractivity contribution in [1.29, 1.82) is 0 Å². The SMILES string of the molecule is O=C1CCC(N2C(=O)c3cccc(CCCNC4CCNCC4)c3C2=O)C(=O)N1. The highest BCUT2D eigenvalue weighted by Gasteiger charge is 2.45. The van der Waals surface area contributed by atoms with Crippen molar-refractivity contribution in [3.05, 3.63) is 34.9 Å². The minimum absolute atomic E-state index is 0.124. The van der Waals surface area contributed by atoms with E-state index in [4.69, 9.17) is 0 Å². The van der Waals surface area contributed by atoms with Crippen LogP contribution >= 0.6 is 0 Å². The molecule has 2 fully saturated rings. The molecular formula is C21H26N4O4. The van der Waals surface area contributed by atoms with Crippen LogP contribution in [0.25, 0.3) is 0 Å². The van der Waals surface area contributed by atoms with E-state index in [9.17, 15) is 19.2 Å². The van der Waals surface area contributed by atoms with Gasteiger partial charge in [0.15, 0.2) is 0 Å². The van der Waals surface area contributed by atoms with Crippen LogP contribution in [0.3, 0.4) is 0 Å². The average Bonchev–Trinajstić information content (AvgIpc) is 2.98. The molecule has 1 aromatic carbocycles. The predicted molar refractivity (Wildman–Crippen MR) is 105 cm³/mol. The van der Waals surface area contributed by atoms with Crippen LogP contribution in [0.5, 0.6) is 0 Å². The van der Waals surface area contributed by atoms with Crippen LogP contribution in [-0.2, 0) is 16.0 Å². The number of nitrogens with zero attached hydrogens (tertiary/aromatic N) is 1. The molecule has 3 aliphatic rings. The standard InChI is InChI=1S/C21H26N4O4/c26-17-7-6-16(19(27)24-17)25-20(28)15-5-1-3-13(18(15)21(25)29)4-2-10-23-14-8-11-22-12-9-14/h1,3,5,14,16,22-23H,2,4,6-12H2,(H,24,26,27). The number of piperidine rings is 2. The normalized spacial score (nSPS) is 22.8. The summed E-state index contributed by atoms with van der Waals surface area (Å²) in [6.07, 6.45) is 4.08. The lowest BCUT2D eigenvalue weighted by Gasteiger charge is -2.27. The van der Waals surface area contributed by atoms with Gasteiger partial charge in [-0.2, -0.15) is 0 Å². The summed E-state index contributed by atoms with van der Waals surface area (Å²) in [6.45, 7) is 2.93. The van der Waals surface area contributed by atoms with Crippen LogP contribution in [0.4, 0.5) is 0 Å². The van der Waals surface area contributed by atoms with Gasteiger partial charge in [-0.3, -0.25) is 29.4 Å². The maximum absolute atomic E-state index is 13.1. The smallest absolute Gasteiger partial charge is 0.262 e. The van der Waals surface area contributed by atoms with Gasteiger partial charge in [0, 0.05) is 12.5 Å². The van der Waals surface area contributed by atoms with E-state index in [0.717, 1.165) is 49.4 Å². The van der Waals surface area contributed by atoms with E-state index < -0.39 is 23.8 Å². The molecule has 0 aliphatic carbocycles. The highest BCUT2D eigenvalue weighted by atomic mass is 16.2. The van der Waals surface area contributed by atoms with Gasteiger partial charge >= 0.3 is 0 Å². The van der Waals surface area contributed by atoms with Crippen molar-refractivity contribution in [2.24, 2.45) is 0 Å². The second-order valence-corrected chi connectivity index (χ2v) is 7.87. The molecule has 2 saturated heterocycles. The van der Waals surface area contributed by atoms with Crippen molar-refractivity contribution in [2.45, 2.75) is 50.6 Å². The van der Waals surface area contributed by atoms with Gasteiger partial charge in [-0.05, 0) is 63.4 Å². The number of amides is 4. The monoisotopic (exact) mass is 398 g/mol. The molecular weight excluding hydrogens is 372 g/mol. The summed E-state index contributed by atoms with van der Waals surface area (Å²) in [4.78, 5) is 50.5. The zero-order valence-electron chi connectivity index (χ0n) is 16.3. The quantitative estimate of drug-likeness (QED) is 0.472. The minimum atomic E-state index is -0.922. The lowest BCUT2D eigenvalue weighted by atomic mass is 9.99. The van der Waals surface area contributed by atoms with Crippen molar-refractivity contribution in [2.75, 3.05) is 19.6 Å². The van der Waals surface area contributed by atoms with Crippen LogP contribution in [0, 0.1) is 0 Å². The Kier molecular flexibility index (Phi) is 5.73. The zero-order chi connectivity index (χ0) is 20.4. The van der Waals surface area contributed by atoms with Crippen molar-refractivity contribution in [3.8, 4) is 0 Å². The molecule has 8 nitrogen and oxygen atoms in total. The molecule has 0 aromatic heterocycles. The maximum Gasteiger partial charge on any atom is 0.262 e. The van der Waals surface area contributed by atoms with E-state index in [0.29, 0.717) is 23.6 Å². The molecule has 3 heterocycles.